The molecule has 3 heterocycles. The van der Waals surface area contributed by atoms with Gasteiger partial charge in [-0.25, -0.2) is 18.1 Å². The highest BCUT2D eigenvalue weighted by atomic mass is 35.5. The molecule has 1 amide bonds. The van der Waals surface area contributed by atoms with Gasteiger partial charge in [-0.15, -0.1) is 0 Å². The molecular formula is C48H56ClN5O7S. The summed E-state index contributed by atoms with van der Waals surface area (Å²) in [4.78, 5) is 37.6. The van der Waals surface area contributed by atoms with Crippen LogP contribution in [0.3, 0.4) is 0 Å². The first-order valence-electron chi connectivity index (χ1n) is 21.5. The maximum atomic E-state index is 13.9. The van der Waals surface area contributed by atoms with E-state index < -0.39 is 22.0 Å². The van der Waals surface area contributed by atoms with Crippen molar-refractivity contribution in [2.75, 3.05) is 37.6 Å². The fourth-order valence-electron chi connectivity index (χ4n) is 9.00. The van der Waals surface area contributed by atoms with Gasteiger partial charge in [0.15, 0.2) is 5.75 Å². The van der Waals surface area contributed by atoms with Gasteiger partial charge in [0.2, 0.25) is 0 Å². The van der Waals surface area contributed by atoms with Crippen LogP contribution >= 0.6 is 11.6 Å². The van der Waals surface area contributed by atoms with Crippen molar-refractivity contribution >= 4 is 49.8 Å². The number of hydrogen-bond donors (Lipinski definition) is 3. The molecule has 12 nitrogen and oxygen atoms in total. The molecular weight excluding hydrogens is 826 g/mol. The lowest BCUT2D eigenvalue weighted by Crippen LogP contribution is -2.47. The summed E-state index contributed by atoms with van der Waals surface area (Å²) in [7, 11) is -4.31. The number of fused-ring (bicyclic) bond motifs is 1. The number of aromatic nitrogens is 2. The largest absolute Gasteiger partial charge is 0.455 e. The number of nitrogens with zero attached hydrogens (tertiary/aromatic N) is 3. The normalized spacial score (nSPS) is 21.3. The number of pyridine rings is 1. The Morgan fingerprint density at radius 3 is 2.52 bits per heavy atom. The maximum Gasteiger partial charge on any atom is 0.268 e. The molecule has 14 heteroatoms. The van der Waals surface area contributed by atoms with E-state index in [9.17, 15) is 18.3 Å². The van der Waals surface area contributed by atoms with Crippen molar-refractivity contribution in [2.45, 2.75) is 83.8 Å². The first kappa shape index (κ1) is 43.7. The zero-order valence-corrected chi connectivity index (χ0v) is 37.6. The monoisotopic (exact) mass is 881 g/mol. The molecule has 8 rings (SSSR count). The van der Waals surface area contributed by atoms with E-state index in [1.807, 2.05) is 30.3 Å². The number of amides is 1. The molecule has 1 aliphatic heterocycles. The quantitative estimate of drug-likeness (QED) is 0.0773. The number of benzene rings is 3. The molecule has 62 heavy (non-hydrogen) atoms. The number of H-pyrrole nitrogens is 1. The van der Waals surface area contributed by atoms with Crippen LogP contribution in [-0.4, -0.2) is 79.2 Å². The van der Waals surface area contributed by atoms with Crippen molar-refractivity contribution in [3.8, 4) is 17.2 Å². The summed E-state index contributed by atoms with van der Waals surface area (Å²) in [5.74, 6) is 0.457. The van der Waals surface area contributed by atoms with Crippen molar-refractivity contribution in [3.63, 3.8) is 0 Å². The van der Waals surface area contributed by atoms with Crippen LogP contribution < -0.4 is 19.2 Å². The minimum Gasteiger partial charge on any atom is -0.455 e. The molecule has 3 N–H and O–H groups in total. The summed E-state index contributed by atoms with van der Waals surface area (Å²) in [6, 6.07) is 21.5. The Balaban J connectivity index is 0.975. The van der Waals surface area contributed by atoms with Crippen LogP contribution in [0.15, 0.2) is 95.7 Å². The summed E-state index contributed by atoms with van der Waals surface area (Å²) in [5.41, 5.74) is 6.52. The summed E-state index contributed by atoms with van der Waals surface area (Å²) >= 11 is 6.25. The second-order valence-corrected chi connectivity index (χ2v) is 20.2. The smallest absolute Gasteiger partial charge is 0.268 e. The highest BCUT2D eigenvalue weighted by molar-refractivity contribution is 7.90. The van der Waals surface area contributed by atoms with Crippen molar-refractivity contribution in [1.29, 1.82) is 0 Å². The van der Waals surface area contributed by atoms with Gasteiger partial charge in [0, 0.05) is 61.1 Å². The van der Waals surface area contributed by atoms with Crippen LogP contribution in [-0.2, 0) is 14.9 Å². The molecule has 3 aromatic carbocycles. The number of aryl methyl sites for hydroxylation is 1. The number of piperazine rings is 1. The van der Waals surface area contributed by atoms with Gasteiger partial charge in [-0.3, -0.25) is 9.69 Å². The van der Waals surface area contributed by atoms with Gasteiger partial charge >= 0.3 is 0 Å². The summed E-state index contributed by atoms with van der Waals surface area (Å²) in [5, 5.41) is 11.6. The van der Waals surface area contributed by atoms with Crippen LogP contribution in [0, 0.1) is 24.2 Å². The first-order chi connectivity index (χ1) is 29.6. The fourth-order valence-corrected chi connectivity index (χ4v) is 10.2. The standard InChI is InChI=1S/C48H56ClN5O7S/c1-30-22-36(32(3)55)25-44(30)61-60-43-13-11-40(23-31(43)2)62(57,58)52-47(56)41-12-10-38(26-45(41)59-39-24-34-15-17-50-46(34)51-28-39)54-20-18-53(19-21-54)29-35-14-16-48(4,5)27-42(35)33-6-8-37(49)9-7-33/h6-13,15,17,23-24,26,28,30,32,36,44,55H,14,16,18-22,25,27,29H2,1-5H3,(H,50,51)(H,52,56)/t30-,32+,36+,44-/m1/s1. The second kappa shape index (κ2) is 18.1. The molecule has 0 spiro atoms. The number of nitrogens with one attached hydrogen (secondary N) is 2. The Bertz CT molecular complexity index is 2570. The number of halogens is 1. The van der Waals surface area contributed by atoms with Gasteiger partial charge < -0.3 is 24.6 Å². The number of aliphatic hydroxyl groups is 1. The van der Waals surface area contributed by atoms with Crippen molar-refractivity contribution in [2.24, 2.45) is 17.3 Å². The van der Waals surface area contributed by atoms with Crippen LogP contribution in [0.25, 0.3) is 16.6 Å². The Morgan fingerprint density at radius 1 is 1.02 bits per heavy atom. The maximum absolute atomic E-state index is 13.9. The van der Waals surface area contributed by atoms with E-state index in [2.05, 4.69) is 57.4 Å². The highest BCUT2D eigenvalue weighted by Crippen LogP contribution is 2.44. The third kappa shape index (κ3) is 9.97. The average Bonchev–Trinajstić information content (AvgIpc) is 3.87. The number of sulfonamides is 1. The highest BCUT2D eigenvalue weighted by Gasteiger charge is 2.36. The molecule has 0 radical (unpaired) electrons. The molecule has 2 aromatic heterocycles. The topological polar surface area (TPSA) is 146 Å². The van der Waals surface area contributed by atoms with Crippen LogP contribution in [0.1, 0.15) is 81.3 Å². The summed E-state index contributed by atoms with van der Waals surface area (Å²) < 4.78 is 36.0. The molecule has 2 fully saturated rings. The lowest BCUT2D eigenvalue weighted by Gasteiger charge is -2.39. The van der Waals surface area contributed by atoms with Gasteiger partial charge in [0.25, 0.3) is 15.9 Å². The number of allylic oxidation sites excluding steroid dienone is 1. The zero-order chi connectivity index (χ0) is 43.8. The minimum absolute atomic E-state index is 0.0540. The number of ether oxygens (including phenoxy) is 1. The molecule has 1 saturated carbocycles. The van der Waals surface area contributed by atoms with Crippen molar-refractivity contribution in [3.05, 3.63) is 112 Å². The second-order valence-electron chi connectivity index (χ2n) is 18.1. The summed E-state index contributed by atoms with van der Waals surface area (Å²) in [6.45, 7) is 14.4. The van der Waals surface area contributed by atoms with Crippen LogP contribution in [0.5, 0.6) is 17.2 Å². The number of hydrogen-bond acceptors (Lipinski definition) is 10. The Labute approximate surface area is 369 Å². The minimum atomic E-state index is -4.31. The van der Waals surface area contributed by atoms with Gasteiger partial charge in [0.1, 0.15) is 23.3 Å². The van der Waals surface area contributed by atoms with Gasteiger partial charge in [-0.1, -0.05) is 50.1 Å². The van der Waals surface area contributed by atoms with E-state index in [0.29, 0.717) is 29.1 Å². The molecule has 0 unspecified atom stereocenters. The van der Waals surface area contributed by atoms with E-state index in [0.717, 1.165) is 74.5 Å². The van der Waals surface area contributed by atoms with E-state index in [-0.39, 0.29) is 39.6 Å². The Hall–Kier alpha value is -4.92. The van der Waals surface area contributed by atoms with E-state index in [1.165, 1.54) is 34.9 Å². The first-order valence-corrected chi connectivity index (χ1v) is 23.4. The number of carbonyl (C=O) groups excluding carboxylic acids is 1. The molecule has 3 aliphatic rings. The predicted octanol–water partition coefficient (Wildman–Crippen LogP) is 9.33. The predicted molar refractivity (Wildman–Crippen MR) is 242 cm³/mol. The molecule has 5 aromatic rings. The molecule has 0 bridgehead atoms. The van der Waals surface area contributed by atoms with Gasteiger partial charge in [-0.2, -0.15) is 4.89 Å². The molecule has 2 aliphatic carbocycles. The van der Waals surface area contributed by atoms with E-state index >= 15 is 0 Å². The lowest BCUT2D eigenvalue weighted by atomic mass is 9.72. The van der Waals surface area contributed by atoms with Crippen LogP contribution in [0.2, 0.25) is 5.02 Å². The lowest BCUT2D eigenvalue weighted by molar-refractivity contribution is -0.252. The third-order valence-electron chi connectivity index (χ3n) is 12.8. The average molecular weight is 883 g/mol. The Morgan fingerprint density at radius 2 is 1.79 bits per heavy atom. The number of aromatic amines is 1. The third-order valence-corrected chi connectivity index (χ3v) is 14.4. The number of aliphatic hydroxyl groups excluding tert-OH is 1. The summed E-state index contributed by atoms with van der Waals surface area (Å²) in [6.07, 6.45) is 7.47. The molecule has 4 atom stereocenters. The molecule has 1 saturated heterocycles. The van der Waals surface area contributed by atoms with Gasteiger partial charge in [0.05, 0.1) is 22.8 Å². The fraction of sp³-hybridized carbons (Fsp3) is 0.417. The number of anilines is 1. The molecule has 328 valence electrons. The van der Waals surface area contributed by atoms with Gasteiger partial charge in [-0.05, 0) is 134 Å². The number of carbonyl (C=O) groups is 1. The van der Waals surface area contributed by atoms with Crippen molar-refractivity contribution < 1.29 is 32.8 Å². The van der Waals surface area contributed by atoms with E-state index in [4.69, 9.17) is 26.1 Å². The zero-order valence-electron chi connectivity index (χ0n) is 36.0. The Kier molecular flexibility index (Phi) is 12.7. The van der Waals surface area contributed by atoms with E-state index in [1.54, 1.807) is 38.4 Å². The van der Waals surface area contributed by atoms with Crippen LogP contribution in [0.4, 0.5) is 5.69 Å². The number of rotatable bonds is 13. The van der Waals surface area contributed by atoms with Crippen molar-refractivity contribution in [1.82, 2.24) is 19.6 Å². The SMILES string of the molecule is Cc1cc(S(=O)(=O)NC(=O)c2ccc(N3CCN(CC4=C(c5ccc(Cl)cc5)CC(C)(C)CC4)CC3)cc2Oc2cnc3[nH]ccc3c2)ccc1OO[C@@H]1C[C@@H]([C@H](C)O)C[C@H]1C.